The van der Waals surface area contributed by atoms with E-state index in [0.29, 0.717) is 16.2 Å². The molecule has 1 aliphatic carbocycles. The number of carbonyl (C=O) groups excluding carboxylic acids is 1. The molecule has 3 N–H and O–H groups in total. The standard InChI is InChI=1S/C19H20N4O4S3/c1-10(16(24)21-11-6-8-12(9-7-11)30(20,26)27)28-19-22-17-15(18(25)23(19)2)13-4-3-5-14(13)29-17/h6-10H,3-5H2,1-2H3,(H,21,24)(H2,20,26,27)/t10-/m1/s1. The minimum absolute atomic E-state index is 0.0294. The van der Waals surface area contributed by atoms with Crippen LogP contribution < -0.4 is 16.0 Å². The van der Waals surface area contributed by atoms with Crippen molar-refractivity contribution in [2.24, 2.45) is 12.2 Å². The van der Waals surface area contributed by atoms with Gasteiger partial charge in [-0.1, -0.05) is 11.8 Å². The van der Waals surface area contributed by atoms with Crippen molar-refractivity contribution in [2.75, 3.05) is 5.32 Å². The second-order valence-electron chi connectivity index (χ2n) is 7.11. The maximum atomic E-state index is 12.9. The van der Waals surface area contributed by atoms with E-state index < -0.39 is 15.3 Å². The van der Waals surface area contributed by atoms with Gasteiger partial charge in [-0.3, -0.25) is 14.2 Å². The third kappa shape index (κ3) is 3.89. The molecule has 1 atom stereocenters. The molecule has 0 aliphatic heterocycles. The number of rotatable bonds is 5. The van der Waals surface area contributed by atoms with Crippen molar-refractivity contribution in [1.29, 1.82) is 0 Å². The number of primary sulfonamides is 1. The van der Waals surface area contributed by atoms with Crippen molar-refractivity contribution in [3.8, 4) is 0 Å². The molecule has 0 spiro atoms. The number of carbonyl (C=O) groups is 1. The number of benzene rings is 1. The first kappa shape index (κ1) is 21.0. The normalized spacial score (nSPS) is 14.6. The highest BCUT2D eigenvalue weighted by molar-refractivity contribution is 8.00. The van der Waals surface area contributed by atoms with Crippen LogP contribution in [0.4, 0.5) is 5.69 Å². The Labute approximate surface area is 181 Å². The minimum atomic E-state index is -3.79. The van der Waals surface area contributed by atoms with Crippen LogP contribution in [0.3, 0.4) is 0 Å². The molecule has 8 nitrogen and oxygen atoms in total. The van der Waals surface area contributed by atoms with Crippen LogP contribution in [0.5, 0.6) is 0 Å². The van der Waals surface area contributed by atoms with Gasteiger partial charge in [-0.15, -0.1) is 11.3 Å². The third-order valence-electron chi connectivity index (χ3n) is 5.01. The largest absolute Gasteiger partial charge is 0.325 e. The first-order valence-electron chi connectivity index (χ1n) is 9.27. The van der Waals surface area contributed by atoms with E-state index in [1.54, 1.807) is 25.3 Å². The molecule has 158 valence electrons. The topological polar surface area (TPSA) is 124 Å². The van der Waals surface area contributed by atoms with Gasteiger partial charge >= 0.3 is 0 Å². The van der Waals surface area contributed by atoms with E-state index in [1.165, 1.54) is 45.5 Å². The Balaban J connectivity index is 1.53. The van der Waals surface area contributed by atoms with Crippen molar-refractivity contribution in [3.05, 3.63) is 45.1 Å². The number of amides is 1. The maximum absolute atomic E-state index is 12.9. The molecular formula is C19H20N4O4S3. The lowest BCUT2D eigenvalue weighted by atomic mass is 10.2. The number of hydrogen-bond acceptors (Lipinski definition) is 7. The van der Waals surface area contributed by atoms with Gasteiger partial charge in [0.25, 0.3) is 5.56 Å². The molecule has 0 fully saturated rings. The molecule has 0 saturated heterocycles. The number of aromatic nitrogens is 2. The summed E-state index contributed by atoms with van der Waals surface area (Å²) in [5, 5.41) is 8.49. The zero-order chi connectivity index (χ0) is 21.6. The van der Waals surface area contributed by atoms with Crippen LogP contribution in [0.25, 0.3) is 10.2 Å². The number of thiophene rings is 1. The maximum Gasteiger partial charge on any atom is 0.262 e. The number of fused-ring (bicyclic) bond motifs is 3. The highest BCUT2D eigenvalue weighted by Gasteiger charge is 2.24. The van der Waals surface area contributed by atoms with Gasteiger partial charge in [-0.05, 0) is 56.0 Å². The Morgan fingerprint density at radius 1 is 1.30 bits per heavy atom. The summed E-state index contributed by atoms with van der Waals surface area (Å²) in [4.78, 5) is 32.1. The van der Waals surface area contributed by atoms with Crippen molar-refractivity contribution < 1.29 is 13.2 Å². The molecule has 0 radical (unpaired) electrons. The van der Waals surface area contributed by atoms with E-state index in [-0.39, 0.29) is 16.4 Å². The van der Waals surface area contributed by atoms with Gasteiger partial charge in [0.05, 0.1) is 15.5 Å². The number of nitrogens with two attached hydrogens (primary N) is 1. The van der Waals surface area contributed by atoms with Gasteiger partial charge in [0.15, 0.2) is 5.16 Å². The number of nitrogens with zero attached hydrogens (tertiary/aromatic N) is 2. The number of aryl methyl sites for hydroxylation is 2. The SMILES string of the molecule is C[C@@H](Sc1nc2sc3c(c2c(=O)n1C)CCC3)C(=O)Nc1ccc(S(N)(=O)=O)cc1. The summed E-state index contributed by atoms with van der Waals surface area (Å²) in [7, 11) is -2.11. The Hall–Kier alpha value is -2.21. The second-order valence-corrected chi connectivity index (χ2v) is 11.1. The lowest BCUT2D eigenvalue weighted by molar-refractivity contribution is -0.115. The molecule has 11 heteroatoms. The number of anilines is 1. The summed E-state index contributed by atoms with van der Waals surface area (Å²) >= 11 is 2.77. The van der Waals surface area contributed by atoms with Crippen LogP contribution in [-0.2, 0) is 34.7 Å². The summed E-state index contributed by atoms with van der Waals surface area (Å²) in [6.45, 7) is 1.73. The Morgan fingerprint density at radius 3 is 2.67 bits per heavy atom. The third-order valence-corrected chi connectivity index (χ3v) is 8.27. The fourth-order valence-corrected chi connectivity index (χ4v) is 6.09. The predicted molar refractivity (Wildman–Crippen MR) is 119 cm³/mol. The monoisotopic (exact) mass is 464 g/mol. The van der Waals surface area contributed by atoms with Crippen LogP contribution in [0.1, 0.15) is 23.8 Å². The van der Waals surface area contributed by atoms with Crippen LogP contribution in [0, 0.1) is 0 Å². The van der Waals surface area contributed by atoms with Crippen molar-refractivity contribution >= 4 is 54.9 Å². The minimum Gasteiger partial charge on any atom is -0.325 e. The first-order valence-corrected chi connectivity index (χ1v) is 12.5. The van der Waals surface area contributed by atoms with Crippen molar-refractivity contribution in [1.82, 2.24) is 9.55 Å². The average Bonchev–Trinajstić information content (AvgIpc) is 3.26. The molecule has 1 aliphatic rings. The highest BCUT2D eigenvalue weighted by Crippen LogP contribution is 2.35. The zero-order valence-corrected chi connectivity index (χ0v) is 18.8. The summed E-state index contributed by atoms with van der Waals surface area (Å²) in [5.74, 6) is -0.286. The smallest absolute Gasteiger partial charge is 0.262 e. The van der Waals surface area contributed by atoms with E-state index in [0.717, 1.165) is 29.7 Å². The molecule has 1 aromatic carbocycles. The number of nitrogens with one attached hydrogen (secondary N) is 1. The molecule has 0 unspecified atom stereocenters. The van der Waals surface area contributed by atoms with Gasteiger partial charge < -0.3 is 5.32 Å². The second kappa shape index (κ2) is 7.80. The molecule has 2 heterocycles. The number of sulfonamides is 1. The van der Waals surface area contributed by atoms with Gasteiger partial charge in [0, 0.05) is 17.6 Å². The number of thioether (sulfide) groups is 1. The van der Waals surface area contributed by atoms with Crippen molar-refractivity contribution in [2.45, 2.75) is 41.5 Å². The van der Waals surface area contributed by atoms with Gasteiger partial charge in [0.1, 0.15) is 4.83 Å². The zero-order valence-electron chi connectivity index (χ0n) is 16.3. The molecule has 0 bridgehead atoms. The van der Waals surface area contributed by atoms with Crippen LogP contribution in [-0.4, -0.2) is 29.1 Å². The van der Waals surface area contributed by atoms with Crippen LogP contribution in [0.2, 0.25) is 0 Å². The molecule has 3 aromatic rings. The molecule has 4 rings (SSSR count). The highest BCUT2D eigenvalue weighted by atomic mass is 32.2. The van der Waals surface area contributed by atoms with Crippen LogP contribution >= 0.6 is 23.1 Å². The quantitative estimate of drug-likeness (QED) is 0.441. The van der Waals surface area contributed by atoms with Crippen molar-refractivity contribution in [3.63, 3.8) is 0 Å². The van der Waals surface area contributed by atoms with Crippen LogP contribution in [0.15, 0.2) is 39.1 Å². The summed E-state index contributed by atoms with van der Waals surface area (Å²) < 4.78 is 24.2. The van der Waals surface area contributed by atoms with E-state index in [1.807, 2.05) is 0 Å². The molecule has 30 heavy (non-hydrogen) atoms. The van der Waals surface area contributed by atoms with Gasteiger partial charge in [-0.2, -0.15) is 0 Å². The van der Waals surface area contributed by atoms with Gasteiger partial charge in [0.2, 0.25) is 15.9 Å². The molecule has 2 aromatic heterocycles. The first-order chi connectivity index (χ1) is 14.1. The summed E-state index contributed by atoms with van der Waals surface area (Å²) in [6.07, 6.45) is 2.99. The molecular weight excluding hydrogens is 444 g/mol. The van der Waals surface area contributed by atoms with E-state index >= 15 is 0 Å². The van der Waals surface area contributed by atoms with E-state index in [9.17, 15) is 18.0 Å². The fraction of sp³-hybridized carbons (Fsp3) is 0.316. The Bertz CT molecular complexity index is 1310. The van der Waals surface area contributed by atoms with E-state index in [4.69, 9.17) is 5.14 Å². The molecule has 0 saturated carbocycles. The fourth-order valence-electron chi connectivity index (χ4n) is 3.39. The Morgan fingerprint density at radius 2 is 2.00 bits per heavy atom. The van der Waals surface area contributed by atoms with Gasteiger partial charge in [-0.25, -0.2) is 18.5 Å². The summed E-state index contributed by atoms with van der Waals surface area (Å²) in [5.41, 5.74) is 1.51. The number of hydrogen-bond donors (Lipinski definition) is 2. The Kier molecular flexibility index (Phi) is 5.47. The predicted octanol–water partition coefficient (Wildman–Crippen LogP) is 2.25. The molecule has 1 amide bonds. The lowest BCUT2D eigenvalue weighted by Crippen LogP contribution is -2.25. The van der Waals surface area contributed by atoms with E-state index in [2.05, 4.69) is 10.3 Å². The average molecular weight is 465 g/mol. The summed E-state index contributed by atoms with van der Waals surface area (Å²) in [6, 6.07) is 5.61. The lowest BCUT2D eigenvalue weighted by Gasteiger charge is -2.14.